The first kappa shape index (κ1) is 18.3. The molecule has 0 saturated carbocycles. The number of Topliss-reactive ketones (excluding diaryl/α,β-unsaturated/α-hetero) is 1. The molecule has 2 aliphatic heterocycles. The number of carbonyl (C=O) groups excluding carboxylic acids is 1. The standard InChI is InChI=1S/C20H21ClN6O2/c1-12-23-19(26-10-15(29)11-26)8-20(24-12)27-17-7-18(16(21)6-13(17)9-22-27)25-4-2-14(28)3-5-25/h6-9,15,29H,2-5,10-11H2,1H3. The number of nitrogens with zero attached hydrogens (tertiary/aromatic N) is 6. The number of hydrogen-bond acceptors (Lipinski definition) is 7. The molecule has 0 bridgehead atoms. The average Bonchev–Trinajstić information content (AvgIpc) is 3.08. The van der Waals surface area contributed by atoms with Crippen molar-refractivity contribution in [2.75, 3.05) is 36.0 Å². The van der Waals surface area contributed by atoms with Crippen molar-refractivity contribution in [2.24, 2.45) is 0 Å². The van der Waals surface area contributed by atoms with E-state index in [1.807, 2.05) is 30.0 Å². The monoisotopic (exact) mass is 412 g/mol. The second kappa shape index (κ2) is 6.96. The van der Waals surface area contributed by atoms with E-state index in [0.29, 0.717) is 61.5 Å². The minimum Gasteiger partial charge on any atom is -0.389 e. The van der Waals surface area contributed by atoms with E-state index in [1.165, 1.54) is 0 Å². The molecular formula is C20H21ClN6O2. The highest BCUT2D eigenvalue weighted by atomic mass is 35.5. The summed E-state index contributed by atoms with van der Waals surface area (Å²) in [7, 11) is 0. The molecule has 150 valence electrons. The number of fused-ring (bicyclic) bond motifs is 1. The first-order chi connectivity index (χ1) is 14.0. The van der Waals surface area contributed by atoms with Crippen molar-refractivity contribution in [1.29, 1.82) is 0 Å². The van der Waals surface area contributed by atoms with Crippen LogP contribution in [0.5, 0.6) is 0 Å². The molecule has 1 aromatic carbocycles. The highest BCUT2D eigenvalue weighted by molar-refractivity contribution is 6.34. The summed E-state index contributed by atoms with van der Waals surface area (Å²) in [6.07, 6.45) is 2.56. The molecule has 0 aliphatic carbocycles. The second-order valence-corrected chi connectivity index (χ2v) is 8.04. The fourth-order valence-corrected chi connectivity index (χ4v) is 4.20. The molecule has 8 nitrogen and oxygen atoms in total. The van der Waals surface area contributed by atoms with E-state index in [-0.39, 0.29) is 6.10 Å². The van der Waals surface area contributed by atoms with Gasteiger partial charge in [-0.2, -0.15) is 5.10 Å². The number of β-amino-alcohol motifs (C(OH)–C–C–N with tert-alkyl or cyclic N) is 1. The lowest BCUT2D eigenvalue weighted by Gasteiger charge is -2.36. The summed E-state index contributed by atoms with van der Waals surface area (Å²) >= 11 is 6.54. The van der Waals surface area contributed by atoms with Crippen LogP contribution in [0.1, 0.15) is 18.7 Å². The van der Waals surface area contributed by atoms with E-state index in [1.54, 1.807) is 10.9 Å². The number of halogens is 1. The Labute approximate surface area is 172 Å². The zero-order valence-electron chi connectivity index (χ0n) is 16.0. The molecule has 0 amide bonds. The summed E-state index contributed by atoms with van der Waals surface area (Å²) in [4.78, 5) is 24.8. The number of aryl methyl sites for hydroxylation is 1. The largest absolute Gasteiger partial charge is 0.389 e. The third-order valence-electron chi connectivity index (χ3n) is 5.51. The third-order valence-corrected chi connectivity index (χ3v) is 5.82. The lowest BCUT2D eigenvalue weighted by molar-refractivity contribution is -0.119. The zero-order valence-corrected chi connectivity index (χ0v) is 16.8. The van der Waals surface area contributed by atoms with Gasteiger partial charge in [-0.25, -0.2) is 14.6 Å². The molecule has 1 N–H and O–H groups in total. The Kier molecular flexibility index (Phi) is 4.40. The SMILES string of the molecule is Cc1nc(N2CC(O)C2)cc(-n2ncc3cc(Cl)c(N4CCC(=O)CC4)cc32)n1. The maximum atomic E-state index is 11.6. The van der Waals surface area contributed by atoms with Gasteiger partial charge in [0.15, 0.2) is 5.82 Å². The van der Waals surface area contributed by atoms with E-state index < -0.39 is 0 Å². The molecule has 2 saturated heterocycles. The van der Waals surface area contributed by atoms with Crippen LogP contribution in [0.3, 0.4) is 0 Å². The van der Waals surface area contributed by atoms with Crippen molar-refractivity contribution in [3.63, 3.8) is 0 Å². The Morgan fingerprint density at radius 3 is 2.52 bits per heavy atom. The molecule has 29 heavy (non-hydrogen) atoms. The van der Waals surface area contributed by atoms with Crippen LogP contribution in [0.4, 0.5) is 11.5 Å². The number of ketones is 1. The number of aromatic nitrogens is 4. The lowest BCUT2D eigenvalue weighted by atomic mass is 10.1. The molecule has 5 rings (SSSR count). The van der Waals surface area contributed by atoms with Gasteiger partial charge in [-0.3, -0.25) is 4.79 Å². The number of piperidine rings is 1. The maximum Gasteiger partial charge on any atom is 0.159 e. The minimum absolute atomic E-state index is 0.295. The zero-order chi connectivity index (χ0) is 20.1. The van der Waals surface area contributed by atoms with Crippen molar-refractivity contribution in [2.45, 2.75) is 25.9 Å². The number of aliphatic hydroxyl groups excluding tert-OH is 1. The lowest BCUT2D eigenvalue weighted by Crippen LogP contribution is -2.51. The van der Waals surface area contributed by atoms with E-state index in [9.17, 15) is 9.90 Å². The minimum atomic E-state index is -0.305. The Morgan fingerprint density at radius 1 is 1.07 bits per heavy atom. The number of rotatable bonds is 3. The normalized spacial score (nSPS) is 17.8. The van der Waals surface area contributed by atoms with Crippen LogP contribution >= 0.6 is 11.6 Å². The first-order valence-electron chi connectivity index (χ1n) is 9.71. The maximum absolute atomic E-state index is 11.6. The number of anilines is 2. The fourth-order valence-electron chi connectivity index (χ4n) is 3.91. The van der Waals surface area contributed by atoms with Gasteiger partial charge in [0.1, 0.15) is 17.4 Å². The first-order valence-corrected chi connectivity index (χ1v) is 10.1. The third kappa shape index (κ3) is 3.32. The summed E-state index contributed by atoms with van der Waals surface area (Å²) in [5.74, 6) is 2.39. The van der Waals surface area contributed by atoms with Gasteiger partial charge in [-0.15, -0.1) is 0 Å². The van der Waals surface area contributed by atoms with E-state index in [2.05, 4.69) is 20.0 Å². The summed E-state index contributed by atoms with van der Waals surface area (Å²) < 4.78 is 1.79. The Bertz CT molecular complexity index is 1100. The van der Waals surface area contributed by atoms with Gasteiger partial charge >= 0.3 is 0 Å². The van der Waals surface area contributed by atoms with E-state index in [0.717, 1.165) is 22.4 Å². The van der Waals surface area contributed by atoms with Crippen molar-refractivity contribution >= 4 is 39.8 Å². The molecule has 0 radical (unpaired) electrons. The van der Waals surface area contributed by atoms with Crippen molar-refractivity contribution in [3.05, 3.63) is 35.2 Å². The summed E-state index contributed by atoms with van der Waals surface area (Å²) in [5, 5.41) is 15.7. The van der Waals surface area contributed by atoms with Gasteiger partial charge < -0.3 is 14.9 Å². The van der Waals surface area contributed by atoms with Gasteiger partial charge in [-0.05, 0) is 19.1 Å². The molecule has 9 heteroatoms. The number of carbonyl (C=O) groups is 1. The molecule has 2 aliphatic rings. The molecule has 0 atom stereocenters. The Balaban J connectivity index is 1.56. The molecule has 0 spiro atoms. The molecule has 2 aromatic heterocycles. The molecular weight excluding hydrogens is 392 g/mol. The van der Waals surface area contributed by atoms with Crippen molar-refractivity contribution < 1.29 is 9.90 Å². The molecule has 0 unspecified atom stereocenters. The number of benzene rings is 1. The van der Waals surface area contributed by atoms with Crippen LogP contribution in [0.2, 0.25) is 5.02 Å². The quantitative estimate of drug-likeness (QED) is 0.705. The van der Waals surface area contributed by atoms with Crippen LogP contribution in [0.25, 0.3) is 16.7 Å². The van der Waals surface area contributed by atoms with Crippen LogP contribution in [0.15, 0.2) is 24.4 Å². The predicted molar refractivity (Wildman–Crippen MR) is 111 cm³/mol. The summed E-state index contributed by atoms with van der Waals surface area (Å²) in [6.45, 7) is 4.34. The smallest absolute Gasteiger partial charge is 0.159 e. The van der Waals surface area contributed by atoms with Gasteiger partial charge in [0.05, 0.1) is 28.5 Å². The van der Waals surface area contributed by atoms with Gasteiger partial charge in [0.25, 0.3) is 0 Å². The van der Waals surface area contributed by atoms with Gasteiger partial charge in [0, 0.05) is 50.5 Å². The Hall–Kier alpha value is -2.71. The molecule has 2 fully saturated rings. The Morgan fingerprint density at radius 2 is 1.79 bits per heavy atom. The summed E-state index contributed by atoms with van der Waals surface area (Å²) in [5.41, 5.74) is 1.80. The van der Waals surface area contributed by atoms with Gasteiger partial charge in [-0.1, -0.05) is 11.6 Å². The number of hydrogen-bond donors (Lipinski definition) is 1. The van der Waals surface area contributed by atoms with Gasteiger partial charge in [0.2, 0.25) is 0 Å². The van der Waals surface area contributed by atoms with Crippen LogP contribution in [-0.4, -0.2) is 62.9 Å². The second-order valence-electron chi connectivity index (χ2n) is 7.63. The van der Waals surface area contributed by atoms with Crippen LogP contribution in [0, 0.1) is 6.92 Å². The highest BCUT2D eigenvalue weighted by Crippen LogP contribution is 2.33. The van der Waals surface area contributed by atoms with Crippen LogP contribution < -0.4 is 9.80 Å². The van der Waals surface area contributed by atoms with E-state index >= 15 is 0 Å². The fraction of sp³-hybridized carbons (Fsp3) is 0.400. The number of aliphatic hydroxyl groups is 1. The topological polar surface area (TPSA) is 87.4 Å². The molecule has 4 heterocycles. The van der Waals surface area contributed by atoms with Crippen molar-refractivity contribution in [3.8, 4) is 5.82 Å². The summed E-state index contributed by atoms with van der Waals surface area (Å²) in [6, 6.07) is 5.82. The average molecular weight is 413 g/mol. The molecule has 3 aromatic rings. The van der Waals surface area contributed by atoms with Crippen LogP contribution in [-0.2, 0) is 4.79 Å². The van der Waals surface area contributed by atoms with E-state index in [4.69, 9.17) is 11.6 Å². The van der Waals surface area contributed by atoms with Crippen molar-refractivity contribution in [1.82, 2.24) is 19.7 Å². The predicted octanol–water partition coefficient (Wildman–Crippen LogP) is 2.13. The highest BCUT2D eigenvalue weighted by Gasteiger charge is 2.26.